The van der Waals surface area contributed by atoms with Gasteiger partial charge in [-0.15, -0.1) is 11.8 Å². The predicted molar refractivity (Wildman–Crippen MR) is 149 cm³/mol. The molecule has 0 radical (unpaired) electrons. The number of carbonyl (C=O) groups is 2. The van der Waals surface area contributed by atoms with Gasteiger partial charge in [-0.2, -0.15) is 0 Å². The summed E-state index contributed by atoms with van der Waals surface area (Å²) < 4.78 is 0.944. The Bertz CT molecular complexity index is 1100. The molecule has 0 aliphatic carbocycles. The summed E-state index contributed by atoms with van der Waals surface area (Å²) in [7, 11) is 0. The number of hydrogen-bond donors (Lipinski definition) is 1. The Morgan fingerprint density at radius 1 is 1.00 bits per heavy atom. The largest absolute Gasteiger partial charge is 0.355 e. The van der Waals surface area contributed by atoms with E-state index in [9.17, 15) is 9.59 Å². The highest BCUT2D eigenvalue weighted by Crippen LogP contribution is 2.23. The molecule has 184 valence electrons. The number of benzene rings is 3. The van der Waals surface area contributed by atoms with Gasteiger partial charge in [0.15, 0.2) is 0 Å². The second-order valence-corrected chi connectivity index (χ2v) is 10.7. The van der Waals surface area contributed by atoms with Crippen LogP contribution in [0.15, 0.2) is 88.2 Å². The number of hydrogen-bond acceptors (Lipinski definition) is 3. The van der Waals surface area contributed by atoms with Crippen molar-refractivity contribution in [1.82, 2.24) is 10.2 Å². The maximum atomic E-state index is 13.5. The first-order valence-corrected chi connectivity index (χ1v) is 13.9. The fraction of sp³-hybridized carbons (Fsp3) is 0.286. The lowest BCUT2D eigenvalue weighted by molar-refractivity contribution is -0.141. The predicted octanol–water partition coefficient (Wildman–Crippen LogP) is 6.75. The lowest BCUT2D eigenvalue weighted by Crippen LogP contribution is -2.50. The Hall–Kier alpha value is -2.28. The van der Waals surface area contributed by atoms with E-state index < -0.39 is 6.04 Å². The highest BCUT2D eigenvalue weighted by molar-refractivity contribution is 9.10. The molecule has 2 amide bonds. The molecule has 0 spiro atoms. The number of nitrogens with zero attached hydrogens (tertiary/aromatic N) is 1. The average Bonchev–Trinajstić information content (AvgIpc) is 2.86. The summed E-state index contributed by atoms with van der Waals surface area (Å²) in [6, 6.07) is 24.9. The van der Waals surface area contributed by atoms with Crippen LogP contribution in [0.5, 0.6) is 0 Å². The molecular weight excluding hydrogens is 544 g/mol. The van der Waals surface area contributed by atoms with Gasteiger partial charge in [0.1, 0.15) is 6.04 Å². The second-order valence-electron chi connectivity index (χ2n) is 8.16. The number of rotatable bonds is 12. The van der Waals surface area contributed by atoms with Gasteiger partial charge in [0.25, 0.3) is 0 Å². The smallest absolute Gasteiger partial charge is 0.243 e. The lowest BCUT2D eigenvalue weighted by atomic mass is 10.0. The molecule has 0 aliphatic rings. The Balaban J connectivity index is 1.76. The molecule has 1 unspecified atom stereocenters. The molecule has 7 heteroatoms. The molecule has 3 aromatic carbocycles. The fourth-order valence-electron chi connectivity index (χ4n) is 3.77. The van der Waals surface area contributed by atoms with Crippen LogP contribution in [0.25, 0.3) is 0 Å². The summed E-state index contributed by atoms with van der Waals surface area (Å²) in [5.74, 6) is 0.659. The number of nitrogens with one attached hydrogen (secondary N) is 1. The van der Waals surface area contributed by atoms with Crippen molar-refractivity contribution in [1.29, 1.82) is 0 Å². The van der Waals surface area contributed by atoms with E-state index in [1.54, 1.807) is 16.7 Å². The first-order valence-electron chi connectivity index (χ1n) is 11.7. The number of amides is 2. The van der Waals surface area contributed by atoms with Crippen LogP contribution >= 0.6 is 39.3 Å². The summed E-state index contributed by atoms with van der Waals surface area (Å²) in [5.41, 5.74) is 2.00. The third-order valence-corrected chi connectivity index (χ3v) is 7.32. The zero-order chi connectivity index (χ0) is 25.0. The minimum Gasteiger partial charge on any atom is -0.355 e. The molecule has 0 heterocycles. The molecule has 1 N–H and O–H groups in total. The zero-order valence-corrected chi connectivity index (χ0v) is 22.9. The van der Waals surface area contributed by atoms with E-state index >= 15 is 0 Å². The van der Waals surface area contributed by atoms with Crippen LogP contribution < -0.4 is 5.32 Å². The molecule has 0 fully saturated rings. The molecule has 0 aliphatic heterocycles. The molecule has 1 atom stereocenters. The monoisotopic (exact) mass is 572 g/mol. The Morgan fingerprint density at radius 3 is 2.40 bits per heavy atom. The van der Waals surface area contributed by atoms with Crippen molar-refractivity contribution >= 4 is 51.1 Å². The molecule has 3 rings (SSSR count). The fourth-order valence-corrected chi connectivity index (χ4v) is 5.19. The van der Waals surface area contributed by atoms with Gasteiger partial charge in [0.05, 0.1) is 0 Å². The summed E-state index contributed by atoms with van der Waals surface area (Å²) in [4.78, 5) is 29.6. The zero-order valence-electron chi connectivity index (χ0n) is 19.8. The van der Waals surface area contributed by atoms with Crippen molar-refractivity contribution in [2.24, 2.45) is 0 Å². The van der Waals surface area contributed by atoms with E-state index in [4.69, 9.17) is 11.6 Å². The summed E-state index contributed by atoms with van der Waals surface area (Å²) >= 11 is 11.2. The van der Waals surface area contributed by atoms with Gasteiger partial charge in [-0.05, 0) is 66.6 Å². The molecule has 3 aromatic rings. The van der Waals surface area contributed by atoms with E-state index in [1.807, 2.05) is 85.8 Å². The molecule has 0 saturated heterocycles. The maximum absolute atomic E-state index is 13.5. The number of thioether (sulfide) groups is 1. The van der Waals surface area contributed by atoms with Gasteiger partial charge >= 0.3 is 0 Å². The van der Waals surface area contributed by atoms with Crippen LogP contribution in [0.1, 0.15) is 30.9 Å². The summed E-state index contributed by atoms with van der Waals surface area (Å²) in [5, 5.41) is 3.65. The first kappa shape index (κ1) is 27.3. The summed E-state index contributed by atoms with van der Waals surface area (Å²) in [6.07, 6.45) is 1.56. The van der Waals surface area contributed by atoms with Gasteiger partial charge in [-0.25, -0.2) is 0 Å². The van der Waals surface area contributed by atoms with Crippen molar-refractivity contribution in [3.8, 4) is 0 Å². The molecule has 4 nitrogen and oxygen atoms in total. The molecule has 0 bridgehead atoms. The standard InChI is InChI=1S/C28H30BrClN2O2S/c1-2-31-28(34)26(19-21-8-4-3-5-9-21)32(20-22-10-6-11-23(29)18-22)27(33)12-7-17-35-25-15-13-24(30)14-16-25/h3-6,8-11,13-16,18,26H,2,7,12,17,19-20H2,1H3,(H,31,34). The first-order chi connectivity index (χ1) is 17.0. The minimum absolute atomic E-state index is 0.0196. The van der Waals surface area contributed by atoms with Gasteiger partial charge in [0, 0.05) is 40.3 Å². The van der Waals surface area contributed by atoms with E-state index in [0.29, 0.717) is 37.4 Å². The van der Waals surface area contributed by atoms with E-state index in [1.165, 1.54) is 0 Å². The highest BCUT2D eigenvalue weighted by atomic mass is 79.9. The highest BCUT2D eigenvalue weighted by Gasteiger charge is 2.29. The van der Waals surface area contributed by atoms with Gasteiger partial charge < -0.3 is 10.2 Å². The second kappa shape index (κ2) is 14.3. The van der Waals surface area contributed by atoms with Crippen molar-refractivity contribution in [2.45, 2.75) is 43.7 Å². The normalized spacial score (nSPS) is 11.6. The molecule has 0 aromatic heterocycles. The van der Waals surface area contributed by atoms with Crippen LogP contribution in [-0.4, -0.2) is 35.1 Å². The van der Waals surface area contributed by atoms with Gasteiger partial charge in [0.2, 0.25) is 11.8 Å². The third kappa shape index (κ3) is 9.02. The number of carbonyl (C=O) groups excluding carboxylic acids is 2. The van der Waals surface area contributed by atoms with E-state index in [2.05, 4.69) is 21.2 Å². The maximum Gasteiger partial charge on any atom is 0.243 e. The van der Waals surface area contributed by atoms with Gasteiger partial charge in [-0.3, -0.25) is 9.59 Å². The Kier molecular flexibility index (Phi) is 11.2. The van der Waals surface area contributed by atoms with E-state index in [-0.39, 0.29) is 11.8 Å². The van der Waals surface area contributed by atoms with Crippen molar-refractivity contribution < 1.29 is 9.59 Å². The lowest BCUT2D eigenvalue weighted by Gasteiger charge is -2.31. The van der Waals surface area contributed by atoms with Crippen LogP contribution in [0.2, 0.25) is 5.02 Å². The minimum atomic E-state index is -0.590. The van der Waals surface area contributed by atoms with Gasteiger partial charge in [-0.1, -0.05) is 70.0 Å². The van der Waals surface area contributed by atoms with Crippen molar-refractivity contribution in [3.63, 3.8) is 0 Å². The van der Waals surface area contributed by atoms with Crippen molar-refractivity contribution in [3.05, 3.63) is 99.5 Å². The molecule has 35 heavy (non-hydrogen) atoms. The van der Waals surface area contributed by atoms with Crippen LogP contribution in [0.3, 0.4) is 0 Å². The average molecular weight is 574 g/mol. The Morgan fingerprint density at radius 2 is 1.71 bits per heavy atom. The third-order valence-electron chi connectivity index (χ3n) is 5.48. The molecule has 0 saturated carbocycles. The quantitative estimate of drug-likeness (QED) is 0.193. The van der Waals surface area contributed by atoms with Crippen LogP contribution in [0.4, 0.5) is 0 Å². The summed E-state index contributed by atoms with van der Waals surface area (Å²) in [6.45, 7) is 2.78. The number of likely N-dealkylation sites (N-methyl/N-ethyl adjacent to an activating group) is 1. The van der Waals surface area contributed by atoms with Crippen molar-refractivity contribution in [2.75, 3.05) is 12.3 Å². The molecular formula is C28H30BrClN2O2S. The Labute approximate surface area is 225 Å². The number of halogens is 2. The topological polar surface area (TPSA) is 49.4 Å². The van der Waals surface area contributed by atoms with Crippen LogP contribution in [0, 0.1) is 0 Å². The van der Waals surface area contributed by atoms with Crippen LogP contribution in [-0.2, 0) is 22.6 Å². The SMILES string of the molecule is CCNC(=O)C(Cc1ccccc1)N(Cc1cccc(Br)c1)C(=O)CCCSc1ccc(Cl)cc1. The van der Waals surface area contributed by atoms with E-state index in [0.717, 1.165) is 26.2 Å².